The number of nitrogens with zero attached hydrogens (tertiary/aromatic N) is 4. The van der Waals surface area contributed by atoms with Crippen molar-refractivity contribution in [1.29, 1.82) is 0 Å². The predicted octanol–water partition coefficient (Wildman–Crippen LogP) is 1.59. The molecule has 10 heteroatoms. The molecule has 0 amide bonds. The Hall–Kier alpha value is -2.72. The van der Waals surface area contributed by atoms with Crippen molar-refractivity contribution < 1.29 is 18.3 Å². The van der Waals surface area contributed by atoms with Crippen LogP contribution in [0.5, 0.6) is 0 Å². The van der Waals surface area contributed by atoms with Crippen LogP contribution in [0.2, 0.25) is 0 Å². The lowest BCUT2D eigenvalue weighted by atomic mass is 10.1. The molecule has 1 unspecified atom stereocenters. The number of hydrogen-bond acceptors (Lipinski definition) is 6. The van der Waals surface area contributed by atoms with E-state index in [-0.39, 0.29) is 19.1 Å². The van der Waals surface area contributed by atoms with Gasteiger partial charge in [-0.1, -0.05) is 18.2 Å². The molecule has 4 rings (SSSR count). The molecule has 0 bridgehead atoms. The number of pyridine rings is 1. The van der Waals surface area contributed by atoms with Crippen molar-refractivity contribution in [2.45, 2.75) is 25.9 Å². The van der Waals surface area contributed by atoms with Gasteiger partial charge in [-0.3, -0.25) is 4.79 Å². The van der Waals surface area contributed by atoms with Gasteiger partial charge in [-0.15, -0.1) is 0 Å². The largest absolute Gasteiger partial charge is 0.483 e. The van der Waals surface area contributed by atoms with Crippen LogP contribution >= 0.6 is 0 Å². The third-order valence-corrected chi connectivity index (χ3v) is 5.90. The highest BCUT2D eigenvalue weighted by Gasteiger charge is 2.28. The SMILES string of the molecule is CC1CCN(S(C)(=O)=O)Cc2nc3c(N)nc4ccccc4c3n21.O=CO. The minimum atomic E-state index is -3.27. The van der Waals surface area contributed by atoms with E-state index in [9.17, 15) is 8.42 Å². The van der Waals surface area contributed by atoms with E-state index >= 15 is 0 Å². The molecule has 27 heavy (non-hydrogen) atoms. The summed E-state index contributed by atoms with van der Waals surface area (Å²) in [6, 6.07) is 7.95. The van der Waals surface area contributed by atoms with Crippen LogP contribution in [0.25, 0.3) is 21.9 Å². The fourth-order valence-corrected chi connectivity index (χ4v) is 4.22. The topological polar surface area (TPSA) is 131 Å². The van der Waals surface area contributed by atoms with Crippen LogP contribution in [0.15, 0.2) is 24.3 Å². The van der Waals surface area contributed by atoms with Crippen LogP contribution in [-0.2, 0) is 21.4 Å². The van der Waals surface area contributed by atoms with E-state index in [2.05, 4.69) is 21.5 Å². The fraction of sp³-hybridized carbons (Fsp3) is 0.353. The quantitative estimate of drug-likeness (QED) is 0.602. The summed E-state index contributed by atoms with van der Waals surface area (Å²) in [5.74, 6) is 1.09. The molecule has 3 aromatic rings. The zero-order valence-electron chi connectivity index (χ0n) is 15.0. The van der Waals surface area contributed by atoms with Crippen LogP contribution in [0.4, 0.5) is 5.82 Å². The lowest BCUT2D eigenvalue weighted by molar-refractivity contribution is -0.122. The third-order valence-electron chi connectivity index (χ3n) is 4.65. The molecule has 0 spiro atoms. The highest BCUT2D eigenvalue weighted by molar-refractivity contribution is 7.88. The van der Waals surface area contributed by atoms with Gasteiger partial charge < -0.3 is 15.4 Å². The molecular formula is C17H21N5O4S. The highest BCUT2D eigenvalue weighted by Crippen LogP contribution is 2.34. The van der Waals surface area contributed by atoms with Gasteiger partial charge in [0.15, 0.2) is 5.82 Å². The second-order valence-corrected chi connectivity index (χ2v) is 8.43. The van der Waals surface area contributed by atoms with Gasteiger partial charge in [0.25, 0.3) is 6.47 Å². The molecule has 0 saturated carbocycles. The van der Waals surface area contributed by atoms with Crippen LogP contribution in [-0.4, -0.2) is 51.6 Å². The van der Waals surface area contributed by atoms with Gasteiger partial charge in [0.1, 0.15) is 11.3 Å². The number of nitrogens with two attached hydrogens (primary N) is 1. The minimum absolute atomic E-state index is 0.127. The third kappa shape index (κ3) is 3.45. The number of carboxylic acid groups (broad SMARTS) is 1. The zero-order valence-corrected chi connectivity index (χ0v) is 15.8. The van der Waals surface area contributed by atoms with Crippen LogP contribution in [0.3, 0.4) is 0 Å². The number of carbonyl (C=O) groups is 1. The maximum Gasteiger partial charge on any atom is 0.290 e. The molecule has 0 saturated heterocycles. The second-order valence-electron chi connectivity index (χ2n) is 6.45. The Morgan fingerprint density at radius 1 is 1.30 bits per heavy atom. The van der Waals surface area contributed by atoms with E-state index < -0.39 is 10.0 Å². The summed E-state index contributed by atoms with van der Waals surface area (Å²) < 4.78 is 27.6. The van der Waals surface area contributed by atoms with Gasteiger partial charge in [-0.25, -0.2) is 18.4 Å². The summed E-state index contributed by atoms with van der Waals surface area (Å²) >= 11 is 0. The van der Waals surface area contributed by atoms with Crippen molar-refractivity contribution in [3.63, 3.8) is 0 Å². The normalized spacial score (nSPS) is 17.8. The molecule has 1 aliphatic heterocycles. The first-order chi connectivity index (χ1) is 12.8. The first-order valence-electron chi connectivity index (χ1n) is 8.36. The Morgan fingerprint density at radius 2 is 1.96 bits per heavy atom. The molecule has 9 nitrogen and oxygen atoms in total. The monoisotopic (exact) mass is 391 g/mol. The average Bonchev–Trinajstić information content (AvgIpc) is 2.90. The van der Waals surface area contributed by atoms with Gasteiger partial charge in [0.05, 0.1) is 23.8 Å². The highest BCUT2D eigenvalue weighted by atomic mass is 32.2. The first-order valence-corrected chi connectivity index (χ1v) is 10.2. The van der Waals surface area contributed by atoms with Crippen LogP contribution in [0.1, 0.15) is 25.2 Å². The van der Waals surface area contributed by atoms with Crippen LogP contribution in [0, 0.1) is 0 Å². The van der Waals surface area contributed by atoms with E-state index in [0.29, 0.717) is 23.7 Å². The van der Waals surface area contributed by atoms with E-state index in [1.807, 2.05) is 24.3 Å². The zero-order chi connectivity index (χ0) is 19.8. The Balaban J connectivity index is 0.000000659. The molecule has 144 valence electrons. The maximum absolute atomic E-state index is 12.0. The number of nitrogen functional groups attached to an aromatic ring is 1. The molecule has 3 heterocycles. The molecule has 2 aromatic heterocycles. The average molecular weight is 391 g/mol. The van der Waals surface area contributed by atoms with Crippen molar-refractivity contribution in [3.05, 3.63) is 30.1 Å². The van der Waals surface area contributed by atoms with Crippen molar-refractivity contribution in [3.8, 4) is 0 Å². The van der Waals surface area contributed by atoms with Crippen molar-refractivity contribution in [1.82, 2.24) is 18.8 Å². The first kappa shape index (κ1) is 19.1. The van der Waals surface area contributed by atoms with Crippen molar-refractivity contribution >= 4 is 44.2 Å². The number of aromatic nitrogens is 3. The lowest BCUT2D eigenvalue weighted by Crippen LogP contribution is -2.29. The fourth-order valence-electron chi connectivity index (χ4n) is 3.44. The number of rotatable bonds is 1. The molecule has 0 aliphatic carbocycles. The number of sulfonamides is 1. The number of fused-ring (bicyclic) bond motifs is 5. The van der Waals surface area contributed by atoms with Crippen molar-refractivity contribution in [2.24, 2.45) is 0 Å². The molecular weight excluding hydrogens is 370 g/mol. The Kier molecular flexibility index (Phi) is 5.03. The summed E-state index contributed by atoms with van der Waals surface area (Å²) in [7, 11) is -3.27. The standard InChI is InChI=1S/C16H19N5O2S.CH2O2/c1-10-7-8-20(24(2,22)23)9-13-19-14-15(21(10)13)11-5-3-4-6-12(11)18-16(14)17;2-1-3/h3-6,10H,7-9H2,1-2H3,(H2,17,18);1H,(H,2,3). The van der Waals surface area contributed by atoms with E-state index in [4.69, 9.17) is 15.6 Å². The van der Waals surface area contributed by atoms with E-state index in [0.717, 1.165) is 22.8 Å². The Labute approximate surface area is 156 Å². The van der Waals surface area contributed by atoms with Crippen LogP contribution < -0.4 is 5.73 Å². The number of anilines is 1. The number of benzene rings is 1. The van der Waals surface area contributed by atoms with Gasteiger partial charge in [-0.2, -0.15) is 4.31 Å². The Morgan fingerprint density at radius 3 is 2.63 bits per heavy atom. The summed E-state index contributed by atoms with van der Waals surface area (Å²) in [5, 5.41) is 7.88. The molecule has 1 atom stereocenters. The van der Waals surface area contributed by atoms with Crippen molar-refractivity contribution in [2.75, 3.05) is 18.5 Å². The second kappa shape index (κ2) is 7.12. The summed E-state index contributed by atoms with van der Waals surface area (Å²) in [6.45, 7) is 2.58. The molecule has 1 aliphatic rings. The smallest absolute Gasteiger partial charge is 0.290 e. The summed E-state index contributed by atoms with van der Waals surface area (Å²) in [5.41, 5.74) is 8.53. The molecule has 3 N–H and O–H groups in total. The number of hydrogen-bond donors (Lipinski definition) is 2. The minimum Gasteiger partial charge on any atom is -0.483 e. The lowest BCUT2D eigenvalue weighted by Gasteiger charge is -2.16. The summed E-state index contributed by atoms with van der Waals surface area (Å²) in [6.07, 6.45) is 1.96. The molecule has 0 radical (unpaired) electrons. The van der Waals surface area contributed by atoms with E-state index in [1.54, 1.807) is 0 Å². The van der Waals surface area contributed by atoms with Gasteiger partial charge in [-0.05, 0) is 19.4 Å². The molecule has 1 aromatic carbocycles. The molecule has 0 fully saturated rings. The van der Waals surface area contributed by atoms with Gasteiger partial charge >= 0.3 is 0 Å². The Bertz CT molecular complexity index is 1110. The van der Waals surface area contributed by atoms with E-state index in [1.165, 1.54) is 10.6 Å². The van der Waals surface area contributed by atoms with Gasteiger partial charge in [0, 0.05) is 18.0 Å². The predicted molar refractivity (Wildman–Crippen MR) is 103 cm³/mol. The number of imidazole rings is 1. The number of para-hydroxylation sites is 1. The van der Waals surface area contributed by atoms with Gasteiger partial charge in [0.2, 0.25) is 10.0 Å². The summed E-state index contributed by atoms with van der Waals surface area (Å²) in [4.78, 5) is 17.4. The maximum atomic E-state index is 12.0.